The maximum atomic E-state index is 12.3. The molecule has 0 saturated heterocycles. The number of nitrogens with two attached hydrogens (primary N) is 1. The van der Waals surface area contributed by atoms with Gasteiger partial charge < -0.3 is 11.1 Å². The largest absolute Gasteiger partial charge is 0.391 e. The second-order valence-electron chi connectivity index (χ2n) is 4.52. The number of aryl methyl sites for hydroxylation is 2. The molecule has 0 aliphatic rings. The van der Waals surface area contributed by atoms with E-state index in [-0.39, 0.29) is 10.9 Å². The number of rotatable bonds is 4. The van der Waals surface area contributed by atoms with Gasteiger partial charge in [-0.25, -0.2) is 0 Å². The molecule has 1 unspecified atom stereocenters. The second kappa shape index (κ2) is 5.83. The van der Waals surface area contributed by atoms with Crippen LogP contribution in [-0.2, 0) is 7.05 Å². The number of aromatic nitrogens is 2. The van der Waals surface area contributed by atoms with Gasteiger partial charge >= 0.3 is 0 Å². The van der Waals surface area contributed by atoms with Crippen molar-refractivity contribution < 1.29 is 4.79 Å². The molecule has 20 heavy (non-hydrogen) atoms. The van der Waals surface area contributed by atoms with E-state index in [1.54, 1.807) is 24.9 Å². The molecule has 0 aliphatic heterocycles. The van der Waals surface area contributed by atoms with Gasteiger partial charge in [0.1, 0.15) is 11.0 Å². The maximum absolute atomic E-state index is 12.3. The predicted molar refractivity (Wildman–Crippen MR) is 81.4 cm³/mol. The SMILES string of the molecule is Cc1nn(C)cc1C(=O)NC(C(N)=S)c1ccccc1. The maximum Gasteiger partial charge on any atom is 0.255 e. The minimum Gasteiger partial charge on any atom is -0.391 e. The van der Waals surface area contributed by atoms with Gasteiger partial charge in [0.25, 0.3) is 5.91 Å². The number of carbonyl (C=O) groups is 1. The number of hydrogen-bond donors (Lipinski definition) is 2. The zero-order valence-corrected chi connectivity index (χ0v) is 12.1. The van der Waals surface area contributed by atoms with Crippen molar-refractivity contribution in [2.45, 2.75) is 13.0 Å². The Hall–Kier alpha value is -2.21. The van der Waals surface area contributed by atoms with E-state index in [0.717, 1.165) is 5.56 Å². The zero-order valence-electron chi connectivity index (χ0n) is 11.3. The molecular formula is C14H16N4OS. The van der Waals surface area contributed by atoms with Crippen LogP contribution in [0, 0.1) is 6.92 Å². The molecule has 0 saturated carbocycles. The Bertz CT molecular complexity index is 636. The number of hydrogen-bond acceptors (Lipinski definition) is 3. The second-order valence-corrected chi connectivity index (χ2v) is 4.99. The number of nitrogens with zero attached hydrogens (tertiary/aromatic N) is 2. The molecule has 1 heterocycles. The number of amides is 1. The third-order valence-corrected chi connectivity index (χ3v) is 3.19. The van der Waals surface area contributed by atoms with Crippen LogP contribution in [0.4, 0.5) is 0 Å². The van der Waals surface area contributed by atoms with Crippen molar-refractivity contribution in [1.29, 1.82) is 0 Å². The predicted octanol–water partition coefficient (Wildman–Crippen LogP) is 1.49. The average Bonchev–Trinajstić information content (AvgIpc) is 2.75. The molecule has 2 rings (SSSR count). The third kappa shape index (κ3) is 3.03. The summed E-state index contributed by atoms with van der Waals surface area (Å²) in [6.07, 6.45) is 1.67. The topological polar surface area (TPSA) is 72.9 Å². The fourth-order valence-electron chi connectivity index (χ4n) is 2.00. The van der Waals surface area contributed by atoms with Crippen molar-refractivity contribution in [1.82, 2.24) is 15.1 Å². The molecule has 0 bridgehead atoms. The van der Waals surface area contributed by atoms with E-state index < -0.39 is 6.04 Å². The van der Waals surface area contributed by atoms with Crippen molar-refractivity contribution in [2.24, 2.45) is 12.8 Å². The van der Waals surface area contributed by atoms with E-state index in [9.17, 15) is 4.79 Å². The fraction of sp³-hybridized carbons (Fsp3) is 0.214. The lowest BCUT2D eigenvalue weighted by Crippen LogP contribution is -2.36. The van der Waals surface area contributed by atoms with Gasteiger partial charge in [0.2, 0.25) is 0 Å². The van der Waals surface area contributed by atoms with Gasteiger partial charge in [-0.1, -0.05) is 42.5 Å². The summed E-state index contributed by atoms with van der Waals surface area (Å²) in [5, 5.41) is 6.99. The first kappa shape index (κ1) is 14.2. The van der Waals surface area contributed by atoms with Crippen LogP contribution in [0.3, 0.4) is 0 Å². The number of benzene rings is 1. The summed E-state index contributed by atoms with van der Waals surface area (Å²) in [6, 6.07) is 8.91. The van der Waals surface area contributed by atoms with Crippen LogP contribution in [0.2, 0.25) is 0 Å². The molecular weight excluding hydrogens is 272 g/mol. The quantitative estimate of drug-likeness (QED) is 0.836. The van der Waals surface area contributed by atoms with E-state index >= 15 is 0 Å². The fourth-order valence-corrected chi connectivity index (χ4v) is 2.19. The van der Waals surface area contributed by atoms with Gasteiger partial charge in [-0.2, -0.15) is 5.10 Å². The Morgan fingerprint density at radius 1 is 1.40 bits per heavy atom. The van der Waals surface area contributed by atoms with Gasteiger partial charge in [-0.3, -0.25) is 9.48 Å². The van der Waals surface area contributed by atoms with Crippen molar-refractivity contribution >= 4 is 23.1 Å². The van der Waals surface area contributed by atoms with E-state index in [1.807, 2.05) is 30.3 Å². The van der Waals surface area contributed by atoms with E-state index in [1.165, 1.54) is 0 Å². The summed E-state index contributed by atoms with van der Waals surface area (Å²) >= 11 is 5.05. The zero-order chi connectivity index (χ0) is 14.7. The van der Waals surface area contributed by atoms with E-state index in [2.05, 4.69) is 10.4 Å². The van der Waals surface area contributed by atoms with Crippen molar-refractivity contribution in [3.8, 4) is 0 Å². The average molecular weight is 288 g/mol. The lowest BCUT2D eigenvalue weighted by atomic mass is 10.1. The lowest BCUT2D eigenvalue weighted by Gasteiger charge is -2.17. The highest BCUT2D eigenvalue weighted by molar-refractivity contribution is 7.80. The van der Waals surface area contributed by atoms with Gasteiger partial charge in [-0.15, -0.1) is 0 Å². The number of nitrogens with one attached hydrogen (secondary N) is 1. The normalized spacial score (nSPS) is 11.9. The molecule has 6 heteroatoms. The lowest BCUT2D eigenvalue weighted by molar-refractivity contribution is 0.0946. The summed E-state index contributed by atoms with van der Waals surface area (Å²) in [5.41, 5.74) is 7.78. The first-order valence-corrected chi connectivity index (χ1v) is 6.55. The summed E-state index contributed by atoms with van der Waals surface area (Å²) in [5.74, 6) is -0.239. The van der Waals surface area contributed by atoms with E-state index in [4.69, 9.17) is 18.0 Å². The van der Waals surface area contributed by atoms with Crippen LogP contribution in [-0.4, -0.2) is 20.7 Å². The highest BCUT2D eigenvalue weighted by atomic mass is 32.1. The molecule has 3 N–H and O–H groups in total. The first-order chi connectivity index (χ1) is 9.49. The number of carbonyl (C=O) groups excluding carboxylic acids is 1. The van der Waals surface area contributed by atoms with Gasteiger partial charge in [0.05, 0.1) is 11.3 Å². The Morgan fingerprint density at radius 2 is 2.05 bits per heavy atom. The first-order valence-electron chi connectivity index (χ1n) is 6.14. The Labute approximate surface area is 122 Å². The molecule has 1 atom stereocenters. The monoisotopic (exact) mass is 288 g/mol. The van der Waals surface area contributed by atoms with Gasteiger partial charge in [0.15, 0.2) is 0 Å². The van der Waals surface area contributed by atoms with Crippen LogP contribution in [0.25, 0.3) is 0 Å². The molecule has 1 aromatic carbocycles. The standard InChI is InChI=1S/C14H16N4OS/c1-9-11(8-18(2)17-9)14(19)16-12(13(15)20)10-6-4-3-5-7-10/h3-8,12H,1-2H3,(H2,15,20)(H,16,19). The Kier molecular flexibility index (Phi) is 4.14. The number of thiocarbonyl (C=S) groups is 1. The van der Waals surface area contributed by atoms with Gasteiger partial charge in [-0.05, 0) is 12.5 Å². The van der Waals surface area contributed by atoms with Crippen molar-refractivity contribution in [3.05, 3.63) is 53.3 Å². The molecule has 5 nitrogen and oxygen atoms in total. The Morgan fingerprint density at radius 3 is 2.55 bits per heavy atom. The summed E-state index contributed by atoms with van der Waals surface area (Å²) in [6.45, 7) is 1.78. The molecule has 1 aromatic heterocycles. The minimum atomic E-state index is -0.488. The summed E-state index contributed by atoms with van der Waals surface area (Å²) < 4.78 is 1.60. The van der Waals surface area contributed by atoms with Crippen LogP contribution >= 0.6 is 12.2 Å². The molecule has 0 fully saturated rings. The van der Waals surface area contributed by atoms with Crippen LogP contribution in [0.1, 0.15) is 27.7 Å². The molecule has 0 aliphatic carbocycles. The summed E-state index contributed by atoms with van der Waals surface area (Å²) in [4.78, 5) is 12.5. The van der Waals surface area contributed by atoms with Crippen LogP contribution in [0.15, 0.2) is 36.5 Å². The summed E-state index contributed by atoms with van der Waals surface area (Å²) in [7, 11) is 1.77. The molecule has 0 radical (unpaired) electrons. The van der Waals surface area contributed by atoms with Crippen molar-refractivity contribution in [3.63, 3.8) is 0 Å². The highest BCUT2D eigenvalue weighted by Crippen LogP contribution is 2.14. The molecule has 104 valence electrons. The van der Waals surface area contributed by atoms with Crippen LogP contribution in [0.5, 0.6) is 0 Å². The molecule has 0 spiro atoms. The molecule has 2 aromatic rings. The van der Waals surface area contributed by atoms with Crippen molar-refractivity contribution in [2.75, 3.05) is 0 Å². The third-order valence-electron chi connectivity index (χ3n) is 2.95. The smallest absolute Gasteiger partial charge is 0.255 e. The highest BCUT2D eigenvalue weighted by Gasteiger charge is 2.20. The minimum absolute atomic E-state index is 0.228. The van der Waals surface area contributed by atoms with E-state index in [0.29, 0.717) is 11.3 Å². The van der Waals surface area contributed by atoms with Gasteiger partial charge in [0, 0.05) is 13.2 Å². The Balaban J connectivity index is 2.23. The van der Waals surface area contributed by atoms with Crippen LogP contribution < -0.4 is 11.1 Å². The molecule has 1 amide bonds.